The number of hydrogen-bond acceptors (Lipinski definition) is 3. The van der Waals surface area contributed by atoms with E-state index in [1.165, 1.54) is 63.4 Å². The molecular weight excluding hydrogens is 320 g/mol. The van der Waals surface area contributed by atoms with Crippen molar-refractivity contribution in [2.75, 3.05) is 39.3 Å². The van der Waals surface area contributed by atoms with Gasteiger partial charge in [0.25, 0.3) is 0 Å². The fourth-order valence-electron chi connectivity index (χ4n) is 4.72. The molecule has 25 heavy (non-hydrogen) atoms. The lowest BCUT2D eigenvalue weighted by Gasteiger charge is -2.49. The predicted molar refractivity (Wildman–Crippen MR) is 95.4 cm³/mol. The first-order valence-corrected chi connectivity index (χ1v) is 9.83. The van der Waals surface area contributed by atoms with E-state index in [0.717, 1.165) is 32.2 Å². The Labute approximate surface area is 149 Å². The van der Waals surface area contributed by atoms with Crippen LogP contribution >= 0.6 is 0 Å². The molecule has 0 spiro atoms. The van der Waals surface area contributed by atoms with Crippen LogP contribution in [0.5, 0.6) is 0 Å². The highest BCUT2D eigenvalue weighted by atomic mass is 19.1. The van der Waals surface area contributed by atoms with Crippen LogP contribution < -0.4 is 0 Å². The summed E-state index contributed by atoms with van der Waals surface area (Å²) in [6.07, 6.45) is 6.99. The van der Waals surface area contributed by atoms with Gasteiger partial charge in [0.05, 0.1) is 0 Å². The zero-order valence-corrected chi connectivity index (χ0v) is 15.0. The normalized spacial score (nSPS) is 25.2. The van der Waals surface area contributed by atoms with Crippen molar-refractivity contribution in [3.8, 4) is 0 Å². The molecule has 3 aliphatic rings. The van der Waals surface area contributed by atoms with Gasteiger partial charge in [0.2, 0.25) is 0 Å². The first-order chi connectivity index (χ1) is 12.2. The number of benzene rings is 1. The molecular formula is C20H29F2N3. The van der Waals surface area contributed by atoms with Crippen molar-refractivity contribution in [1.29, 1.82) is 0 Å². The quantitative estimate of drug-likeness (QED) is 0.827. The molecule has 1 saturated carbocycles. The van der Waals surface area contributed by atoms with Gasteiger partial charge in [0.1, 0.15) is 11.6 Å². The summed E-state index contributed by atoms with van der Waals surface area (Å²) in [6.45, 7) is 7.16. The molecule has 138 valence electrons. The molecule has 1 aliphatic carbocycles. The minimum absolute atomic E-state index is 0.300. The third kappa shape index (κ3) is 4.04. The lowest BCUT2D eigenvalue weighted by molar-refractivity contribution is -0.0108. The first kappa shape index (κ1) is 17.4. The van der Waals surface area contributed by atoms with Crippen LogP contribution in [0.2, 0.25) is 0 Å². The summed E-state index contributed by atoms with van der Waals surface area (Å²) in [5, 5.41) is 0. The summed E-state index contributed by atoms with van der Waals surface area (Å²) in [6, 6.07) is 5.15. The zero-order valence-electron chi connectivity index (χ0n) is 15.0. The van der Waals surface area contributed by atoms with E-state index in [9.17, 15) is 8.78 Å². The second-order valence-electron chi connectivity index (χ2n) is 7.95. The lowest BCUT2D eigenvalue weighted by Crippen LogP contribution is -2.63. The number of halogens is 2. The number of nitrogens with zero attached hydrogens (tertiary/aromatic N) is 3. The number of piperazine rings is 1. The second kappa shape index (κ2) is 7.68. The highest BCUT2D eigenvalue weighted by Crippen LogP contribution is 2.25. The molecule has 1 aromatic carbocycles. The Kier molecular flexibility index (Phi) is 5.34. The SMILES string of the molecule is Fc1ccc(F)c(CN2CC(N3CCN(C4CCCCC4)CC3)C2)c1. The smallest absolute Gasteiger partial charge is 0.127 e. The number of hydrogen-bond donors (Lipinski definition) is 0. The molecule has 0 bridgehead atoms. The summed E-state index contributed by atoms with van der Waals surface area (Å²) >= 11 is 0. The van der Waals surface area contributed by atoms with Crippen LogP contribution in [0.3, 0.4) is 0 Å². The Morgan fingerprint density at radius 2 is 1.48 bits per heavy atom. The molecule has 0 aromatic heterocycles. The summed E-state index contributed by atoms with van der Waals surface area (Å²) in [4.78, 5) is 7.52. The van der Waals surface area contributed by atoms with Gasteiger partial charge in [-0.05, 0) is 31.0 Å². The van der Waals surface area contributed by atoms with Gasteiger partial charge in [-0.3, -0.25) is 14.7 Å². The van der Waals surface area contributed by atoms with E-state index in [-0.39, 0.29) is 11.6 Å². The largest absolute Gasteiger partial charge is 0.298 e. The maximum atomic E-state index is 13.8. The van der Waals surface area contributed by atoms with Crippen molar-refractivity contribution in [3.63, 3.8) is 0 Å². The molecule has 3 fully saturated rings. The predicted octanol–water partition coefficient (Wildman–Crippen LogP) is 3.10. The Balaban J connectivity index is 1.21. The van der Waals surface area contributed by atoms with Crippen LogP contribution in [0, 0.1) is 11.6 Å². The van der Waals surface area contributed by atoms with Crippen molar-refractivity contribution in [1.82, 2.24) is 14.7 Å². The molecule has 2 heterocycles. The molecule has 0 amide bonds. The zero-order chi connectivity index (χ0) is 17.2. The van der Waals surface area contributed by atoms with Crippen LogP contribution in [0.15, 0.2) is 18.2 Å². The third-order valence-electron chi connectivity index (χ3n) is 6.30. The Hall–Kier alpha value is -1.04. The average Bonchev–Trinajstić information content (AvgIpc) is 2.61. The average molecular weight is 349 g/mol. The van der Waals surface area contributed by atoms with E-state index >= 15 is 0 Å². The van der Waals surface area contributed by atoms with Crippen molar-refractivity contribution in [2.45, 2.75) is 50.7 Å². The molecule has 4 rings (SSSR count). The molecule has 0 N–H and O–H groups in total. The van der Waals surface area contributed by atoms with Crippen LogP contribution in [-0.2, 0) is 6.54 Å². The van der Waals surface area contributed by atoms with Gasteiger partial charge < -0.3 is 0 Å². The minimum atomic E-state index is -0.354. The van der Waals surface area contributed by atoms with Gasteiger partial charge in [0, 0.05) is 63.5 Å². The molecule has 0 unspecified atom stereocenters. The lowest BCUT2D eigenvalue weighted by atomic mass is 9.93. The molecule has 1 aromatic rings. The van der Waals surface area contributed by atoms with Gasteiger partial charge in [-0.15, -0.1) is 0 Å². The van der Waals surface area contributed by atoms with E-state index < -0.39 is 0 Å². The van der Waals surface area contributed by atoms with Gasteiger partial charge in [-0.2, -0.15) is 0 Å². The van der Waals surface area contributed by atoms with E-state index in [0.29, 0.717) is 18.2 Å². The maximum Gasteiger partial charge on any atom is 0.127 e. The third-order valence-corrected chi connectivity index (χ3v) is 6.30. The summed E-state index contributed by atoms with van der Waals surface area (Å²) < 4.78 is 27.0. The van der Waals surface area contributed by atoms with Crippen LogP contribution in [0.25, 0.3) is 0 Å². The highest BCUT2D eigenvalue weighted by Gasteiger charge is 2.34. The van der Waals surface area contributed by atoms with Crippen molar-refractivity contribution < 1.29 is 8.78 Å². The fraction of sp³-hybridized carbons (Fsp3) is 0.700. The van der Waals surface area contributed by atoms with Gasteiger partial charge >= 0.3 is 0 Å². The topological polar surface area (TPSA) is 9.72 Å². The summed E-state index contributed by atoms with van der Waals surface area (Å²) in [5.41, 5.74) is 0.473. The van der Waals surface area contributed by atoms with Crippen molar-refractivity contribution >= 4 is 0 Å². The number of likely N-dealkylation sites (tertiary alicyclic amines) is 1. The molecule has 3 nitrogen and oxygen atoms in total. The Morgan fingerprint density at radius 3 is 2.16 bits per heavy atom. The highest BCUT2D eigenvalue weighted by molar-refractivity contribution is 5.19. The van der Waals surface area contributed by atoms with Crippen molar-refractivity contribution in [2.24, 2.45) is 0 Å². The molecule has 0 radical (unpaired) electrons. The monoisotopic (exact) mass is 349 g/mol. The van der Waals surface area contributed by atoms with Gasteiger partial charge in [0.15, 0.2) is 0 Å². The standard InChI is InChI=1S/C20H29F2N3/c21-17-6-7-20(22)16(12-17)13-23-14-19(15-23)25-10-8-24(9-11-25)18-4-2-1-3-5-18/h6-7,12,18-19H,1-5,8-11,13-15H2. The number of rotatable bonds is 4. The maximum absolute atomic E-state index is 13.8. The summed E-state index contributed by atoms with van der Waals surface area (Å²) in [7, 11) is 0. The Morgan fingerprint density at radius 1 is 0.840 bits per heavy atom. The molecule has 2 aliphatic heterocycles. The van der Waals surface area contributed by atoms with Gasteiger partial charge in [-0.25, -0.2) is 8.78 Å². The first-order valence-electron chi connectivity index (χ1n) is 9.83. The van der Waals surface area contributed by atoms with E-state index in [2.05, 4.69) is 14.7 Å². The van der Waals surface area contributed by atoms with E-state index in [1.807, 2.05) is 0 Å². The van der Waals surface area contributed by atoms with Gasteiger partial charge in [-0.1, -0.05) is 19.3 Å². The van der Waals surface area contributed by atoms with Crippen LogP contribution in [-0.4, -0.2) is 66.1 Å². The van der Waals surface area contributed by atoms with Crippen molar-refractivity contribution in [3.05, 3.63) is 35.4 Å². The van der Waals surface area contributed by atoms with E-state index in [1.54, 1.807) is 0 Å². The minimum Gasteiger partial charge on any atom is -0.298 e. The van der Waals surface area contributed by atoms with Crippen LogP contribution in [0.1, 0.15) is 37.7 Å². The molecule has 2 saturated heterocycles. The van der Waals surface area contributed by atoms with E-state index in [4.69, 9.17) is 0 Å². The fourth-order valence-corrected chi connectivity index (χ4v) is 4.72. The molecule has 0 atom stereocenters. The summed E-state index contributed by atoms with van der Waals surface area (Å²) in [5.74, 6) is -0.654. The van der Waals surface area contributed by atoms with Crippen LogP contribution in [0.4, 0.5) is 8.78 Å². The molecule has 5 heteroatoms. The Bertz CT molecular complexity index is 574. The second-order valence-corrected chi connectivity index (χ2v) is 7.95.